The van der Waals surface area contributed by atoms with Crippen LogP contribution in [0.2, 0.25) is 0 Å². The van der Waals surface area contributed by atoms with E-state index < -0.39 is 11.9 Å². The summed E-state index contributed by atoms with van der Waals surface area (Å²) in [5.41, 5.74) is 1.43. The minimum Gasteiger partial charge on any atom is -0.493 e. The zero-order valence-corrected chi connectivity index (χ0v) is 19.5. The van der Waals surface area contributed by atoms with Crippen molar-refractivity contribution in [1.29, 1.82) is 5.26 Å². The normalized spacial score (nSPS) is 10.8. The average Bonchev–Trinajstić information content (AvgIpc) is 2.79. The number of hydrogen-bond acceptors (Lipinski definition) is 7. The molecule has 0 aliphatic rings. The van der Waals surface area contributed by atoms with Gasteiger partial charge in [-0.3, -0.25) is 4.79 Å². The molecule has 32 heavy (non-hydrogen) atoms. The lowest BCUT2D eigenvalue weighted by Crippen LogP contribution is -2.27. The van der Waals surface area contributed by atoms with E-state index in [-0.39, 0.29) is 30.2 Å². The van der Waals surface area contributed by atoms with Gasteiger partial charge in [-0.15, -0.1) is 0 Å². The highest BCUT2D eigenvalue weighted by atomic mass is 79.9. The van der Waals surface area contributed by atoms with Gasteiger partial charge in [0.2, 0.25) is 0 Å². The van der Waals surface area contributed by atoms with Gasteiger partial charge in [0.15, 0.2) is 18.1 Å². The summed E-state index contributed by atoms with van der Waals surface area (Å²) in [6.45, 7) is 2.25. The SMILES string of the molecule is COCCNC(=O)/C(C#N)=C/c1ccc(OC(=O)COc2ccc(Br)c(C)c2)c(OC)c1. The predicted molar refractivity (Wildman–Crippen MR) is 121 cm³/mol. The lowest BCUT2D eigenvalue weighted by atomic mass is 10.1. The predicted octanol–water partition coefficient (Wildman–Crippen LogP) is 3.42. The van der Waals surface area contributed by atoms with E-state index in [1.54, 1.807) is 24.3 Å². The number of nitrogens with zero attached hydrogens (tertiary/aromatic N) is 1. The van der Waals surface area contributed by atoms with Gasteiger partial charge in [-0.2, -0.15) is 5.26 Å². The molecule has 0 atom stereocenters. The molecule has 0 bridgehead atoms. The van der Waals surface area contributed by atoms with E-state index in [1.807, 2.05) is 19.1 Å². The van der Waals surface area contributed by atoms with Crippen molar-refractivity contribution in [3.05, 3.63) is 57.6 Å². The summed E-state index contributed by atoms with van der Waals surface area (Å²) in [5, 5.41) is 11.9. The number of amides is 1. The lowest BCUT2D eigenvalue weighted by molar-refractivity contribution is -0.136. The summed E-state index contributed by atoms with van der Waals surface area (Å²) in [4.78, 5) is 24.3. The standard InChI is InChI=1S/C23H23BrN2O6/c1-15-10-18(5-6-19(15)24)31-14-22(27)32-20-7-4-16(12-21(20)30-3)11-17(13-25)23(28)26-8-9-29-2/h4-7,10-12H,8-9,14H2,1-3H3,(H,26,28)/b17-11+. The number of aryl methyl sites for hydroxylation is 1. The van der Waals surface area contributed by atoms with Gasteiger partial charge >= 0.3 is 5.97 Å². The lowest BCUT2D eigenvalue weighted by Gasteiger charge is -2.11. The molecule has 9 heteroatoms. The molecule has 1 N–H and O–H groups in total. The summed E-state index contributed by atoms with van der Waals surface area (Å²) >= 11 is 3.41. The van der Waals surface area contributed by atoms with Gasteiger partial charge in [0.05, 0.1) is 13.7 Å². The second kappa shape index (κ2) is 12.5. The largest absolute Gasteiger partial charge is 0.493 e. The number of nitriles is 1. The number of benzene rings is 2. The Morgan fingerprint density at radius 3 is 2.59 bits per heavy atom. The molecule has 168 valence electrons. The molecule has 0 saturated carbocycles. The number of ether oxygens (including phenoxy) is 4. The number of methoxy groups -OCH3 is 2. The third-order valence-corrected chi connectivity index (χ3v) is 5.06. The van der Waals surface area contributed by atoms with E-state index in [9.17, 15) is 14.9 Å². The van der Waals surface area contributed by atoms with Crippen LogP contribution < -0.4 is 19.5 Å². The molecule has 0 aliphatic heterocycles. The van der Waals surface area contributed by atoms with E-state index in [2.05, 4.69) is 21.2 Å². The highest BCUT2D eigenvalue weighted by Gasteiger charge is 2.13. The molecule has 0 heterocycles. The second-order valence-electron chi connectivity index (χ2n) is 6.50. The maximum atomic E-state index is 12.2. The monoisotopic (exact) mass is 502 g/mol. The van der Waals surface area contributed by atoms with Crippen molar-refractivity contribution in [3.63, 3.8) is 0 Å². The Balaban J connectivity index is 2.05. The summed E-state index contributed by atoms with van der Waals surface area (Å²) in [6, 6.07) is 11.9. The minimum absolute atomic E-state index is 0.0777. The van der Waals surface area contributed by atoms with E-state index in [1.165, 1.54) is 26.4 Å². The van der Waals surface area contributed by atoms with Gasteiger partial charge < -0.3 is 24.3 Å². The van der Waals surface area contributed by atoms with Crippen LogP contribution in [0.15, 0.2) is 46.4 Å². The van der Waals surface area contributed by atoms with E-state index >= 15 is 0 Å². The maximum absolute atomic E-state index is 12.2. The van der Waals surface area contributed by atoms with Crippen molar-refractivity contribution in [2.75, 3.05) is 34.0 Å². The average molecular weight is 503 g/mol. The van der Waals surface area contributed by atoms with Crippen LogP contribution in [0, 0.1) is 18.3 Å². The number of carbonyl (C=O) groups excluding carboxylic acids is 2. The van der Waals surface area contributed by atoms with Crippen LogP contribution >= 0.6 is 15.9 Å². The summed E-state index contributed by atoms with van der Waals surface area (Å²) in [7, 11) is 2.94. The first kappa shape index (κ1) is 24.9. The van der Waals surface area contributed by atoms with Crippen molar-refractivity contribution in [1.82, 2.24) is 5.32 Å². The quantitative estimate of drug-likeness (QED) is 0.174. The molecule has 0 aliphatic carbocycles. The summed E-state index contributed by atoms with van der Waals surface area (Å²) in [6.07, 6.45) is 1.41. The first-order valence-corrected chi connectivity index (χ1v) is 10.3. The molecule has 2 aromatic carbocycles. The molecular weight excluding hydrogens is 480 g/mol. The zero-order valence-electron chi connectivity index (χ0n) is 17.9. The number of esters is 1. The number of hydrogen-bond donors (Lipinski definition) is 1. The summed E-state index contributed by atoms with van der Waals surface area (Å²) in [5.74, 6) is -0.124. The van der Waals surface area contributed by atoms with Crippen LogP contribution in [-0.4, -0.2) is 45.9 Å². The highest BCUT2D eigenvalue weighted by Crippen LogP contribution is 2.29. The molecule has 0 fully saturated rings. The Kier molecular flexibility index (Phi) is 9.73. The fourth-order valence-corrected chi connectivity index (χ4v) is 2.78. The first-order chi connectivity index (χ1) is 15.4. The zero-order chi connectivity index (χ0) is 23.5. The van der Waals surface area contributed by atoms with Gasteiger partial charge in [-0.25, -0.2) is 4.79 Å². The third-order valence-electron chi connectivity index (χ3n) is 4.17. The summed E-state index contributed by atoms with van der Waals surface area (Å²) < 4.78 is 21.9. The topological polar surface area (TPSA) is 107 Å². The molecule has 1 amide bonds. The second-order valence-corrected chi connectivity index (χ2v) is 7.36. The molecule has 2 aromatic rings. The van der Waals surface area contributed by atoms with Gasteiger partial charge in [-0.05, 0) is 54.5 Å². The number of halogens is 1. The highest BCUT2D eigenvalue weighted by molar-refractivity contribution is 9.10. The van der Waals surface area contributed by atoms with E-state index in [0.717, 1.165) is 10.0 Å². The van der Waals surface area contributed by atoms with Crippen molar-refractivity contribution in [3.8, 4) is 23.3 Å². The molecule has 0 aromatic heterocycles. The molecule has 8 nitrogen and oxygen atoms in total. The van der Waals surface area contributed by atoms with Crippen LogP contribution in [0.5, 0.6) is 17.2 Å². The number of rotatable bonds is 10. The fraction of sp³-hybridized carbons (Fsp3) is 0.261. The van der Waals surface area contributed by atoms with Gasteiger partial charge in [0, 0.05) is 18.1 Å². The molecule has 0 saturated heterocycles. The Morgan fingerprint density at radius 1 is 1.16 bits per heavy atom. The van der Waals surface area contributed by atoms with E-state index in [4.69, 9.17) is 18.9 Å². The maximum Gasteiger partial charge on any atom is 0.349 e. The molecule has 0 radical (unpaired) electrons. The van der Waals surface area contributed by atoms with Gasteiger partial charge in [0.25, 0.3) is 5.91 Å². The fourth-order valence-electron chi connectivity index (χ4n) is 2.54. The molecule has 0 unspecified atom stereocenters. The van der Waals surface area contributed by atoms with Crippen LogP contribution in [0.3, 0.4) is 0 Å². The number of carbonyl (C=O) groups is 2. The van der Waals surface area contributed by atoms with Gasteiger partial charge in [0.1, 0.15) is 17.4 Å². The van der Waals surface area contributed by atoms with Crippen LogP contribution in [-0.2, 0) is 14.3 Å². The Hall–Kier alpha value is -3.35. The van der Waals surface area contributed by atoms with Crippen LogP contribution in [0.4, 0.5) is 0 Å². The Labute approximate surface area is 194 Å². The van der Waals surface area contributed by atoms with Crippen LogP contribution in [0.1, 0.15) is 11.1 Å². The Morgan fingerprint density at radius 2 is 1.94 bits per heavy atom. The van der Waals surface area contributed by atoms with Crippen molar-refractivity contribution in [2.24, 2.45) is 0 Å². The Bertz CT molecular complexity index is 1050. The minimum atomic E-state index is -0.609. The third kappa shape index (κ3) is 7.41. The molecular formula is C23H23BrN2O6. The van der Waals surface area contributed by atoms with Crippen molar-refractivity contribution in [2.45, 2.75) is 6.92 Å². The number of nitrogens with one attached hydrogen (secondary N) is 1. The van der Waals surface area contributed by atoms with Crippen molar-refractivity contribution >= 4 is 33.9 Å². The van der Waals surface area contributed by atoms with Crippen LogP contribution in [0.25, 0.3) is 6.08 Å². The molecule has 2 rings (SSSR count). The first-order valence-electron chi connectivity index (χ1n) is 9.54. The van der Waals surface area contributed by atoms with E-state index in [0.29, 0.717) is 17.9 Å². The van der Waals surface area contributed by atoms with Crippen molar-refractivity contribution < 1.29 is 28.5 Å². The smallest absolute Gasteiger partial charge is 0.349 e. The van der Waals surface area contributed by atoms with Gasteiger partial charge in [-0.1, -0.05) is 22.0 Å². The molecule has 0 spiro atoms.